The van der Waals surface area contributed by atoms with E-state index >= 15 is 0 Å². The fraction of sp³-hybridized carbons (Fsp3) is 0.400. The van der Waals surface area contributed by atoms with Crippen molar-refractivity contribution in [3.05, 3.63) is 47.2 Å². The highest BCUT2D eigenvalue weighted by Gasteiger charge is 2.28. The average molecular weight is 467 g/mol. The number of hydrogen-bond acceptors (Lipinski definition) is 7. The number of aromatic nitrogens is 1. The van der Waals surface area contributed by atoms with Crippen molar-refractivity contribution in [3.63, 3.8) is 0 Å². The van der Waals surface area contributed by atoms with E-state index in [0.29, 0.717) is 63.9 Å². The summed E-state index contributed by atoms with van der Waals surface area (Å²) in [4.78, 5) is 18.9. The van der Waals surface area contributed by atoms with Crippen LogP contribution in [0, 0.1) is 0 Å². The fourth-order valence-corrected chi connectivity index (χ4v) is 5.14. The van der Waals surface area contributed by atoms with Gasteiger partial charge in [-0.3, -0.25) is 4.79 Å². The molecule has 11 heteroatoms. The maximum absolute atomic E-state index is 13.1. The number of carbonyl (C=O) groups is 1. The Balaban J connectivity index is 1.68. The van der Waals surface area contributed by atoms with Crippen LogP contribution in [0.2, 0.25) is 5.15 Å². The summed E-state index contributed by atoms with van der Waals surface area (Å²) in [7, 11) is -3.71. The number of ether oxygens (including phenoxy) is 2. The summed E-state index contributed by atoms with van der Waals surface area (Å²) in [5.74, 6) is -0.403. The summed E-state index contributed by atoms with van der Waals surface area (Å²) in [6, 6.07) is 7.82. The first kappa shape index (κ1) is 22.0. The van der Waals surface area contributed by atoms with Gasteiger partial charge in [0, 0.05) is 37.9 Å². The molecule has 1 aromatic carbocycles. The van der Waals surface area contributed by atoms with Crippen molar-refractivity contribution in [2.75, 3.05) is 62.8 Å². The normalized spacial score (nSPS) is 18.0. The highest BCUT2D eigenvalue weighted by molar-refractivity contribution is 7.89. The van der Waals surface area contributed by atoms with E-state index in [4.69, 9.17) is 21.1 Å². The number of benzene rings is 1. The molecule has 1 N–H and O–H groups in total. The molecule has 4 rings (SSSR count). The van der Waals surface area contributed by atoms with Crippen LogP contribution in [-0.2, 0) is 19.5 Å². The summed E-state index contributed by atoms with van der Waals surface area (Å²) in [5, 5.41) is 3.05. The SMILES string of the molecule is O=C(Nc1cc(S(=O)(=O)N2CCOCC2)ccc1N1CCOCC1)c1ccnc(Cl)c1. The lowest BCUT2D eigenvalue weighted by Gasteiger charge is -2.31. The van der Waals surface area contributed by atoms with Gasteiger partial charge in [-0.1, -0.05) is 11.6 Å². The third-order valence-electron chi connectivity index (χ3n) is 5.16. The molecular weight excluding hydrogens is 444 g/mol. The minimum Gasteiger partial charge on any atom is -0.379 e. The Morgan fingerprint density at radius 1 is 1.00 bits per heavy atom. The fourth-order valence-electron chi connectivity index (χ4n) is 3.53. The molecule has 2 aliphatic rings. The topological polar surface area (TPSA) is 101 Å². The molecule has 3 heterocycles. The molecule has 2 aromatic rings. The van der Waals surface area contributed by atoms with E-state index in [2.05, 4.69) is 15.2 Å². The maximum atomic E-state index is 13.1. The first-order chi connectivity index (χ1) is 14.9. The molecule has 2 saturated heterocycles. The Morgan fingerprint density at radius 3 is 2.35 bits per heavy atom. The predicted molar refractivity (Wildman–Crippen MR) is 116 cm³/mol. The number of sulfonamides is 1. The minimum absolute atomic E-state index is 0.120. The number of amides is 1. The molecule has 2 aliphatic heterocycles. The molecule has 166 valence electrons. The van der Waals surface area contributed by atoms with Crippen LogP contribution in [0.4, 0.5) is 11.4 Å². The van der Waals surface area contributed by atoms with Crippen molar-refractivity contribution in [1.82, 2.24) is 9.29 Å². The lowest BCUT2D eigenvalue weighted by molar-refractivity contribution is 0.0730. The van der Waals surface area contributed by atoms with E-state index in [9.17, 15) is 13.2 Å². The van der Waals surface area contributed by atoms with Crippen LogP contribution in [0.25, 0.3) is 0 Å². The first-order valence-electron chi connectivity index (χ1n) is 9.93. The van der Waals surface area contributed by atoms with Gasteiger partial charge in [-0.15, -0.1) is 0 Å². The average Bonchev–Trinajstić information content (AvgIpc) is 2.80. The van der Waals surface area contributed by atoms with Crippen molar-refractivity contribution in [2.24, 2.45) is 0 Å². The number of pyridine rings is 1. The van der Waals surface area contributed by atoms with Crippen LogP contribution >= 0.6 is 11.6 Å². The summed E-state index contributed by atoms with van der Waals surface area (Å²) in [6.07, 6.45) is 1.44. The summed E-state index contributed by atoms with van der Waals surface area (Å²) in [5.41, 5.74) is 1.47. The summed E-state index contributed by atoms with van der Waals surface area (Å²) in [6.45, 7) is 3.70. The van der Waals surface area contributed by atoms with Crippen molar-refractivity contribution < 1.29 is 22.7 Å². The summed E-state index contributed by atoms with van der Waals surface area (Å²) < 4.78 is 38.3. The highest BCUT2D eigenvalue weighted by atomic mass is 35.5. The Labute approximate surface area is 186 Å². The van der Waals surface area contributed by atoms with Crippen molar-refractivity contribution in [3.8, 4) is 0 Å². The van der Waals surface area contributed by atoms with Crippen LogP contribution in [0.15, 0.2) is 41.4 Å². The molecule has 31 heavy (non-hydrogen) atoms. The van der Waals surface area contributed by atoms with Gasteiger partial charge >= 0.3 is 0 Å². The molecule has 0 unspecified atom stereocenters. The number of hydrogen-bond donors (Lipinski definition) is 1. The van der Waals surface area contributed by atoms with Gasteiger partial charge in [0.2, 0.25) is 10.0 Å². The van der Waals surface area contributed by atoms with Gasteiger partial charge in [0.1, 0.15) is 5.15 Å². The van der Waals surface area contributed by atoms with Crippen molar-refractivity contribution in [2.45, 2.75) is 4.90 Å². The Morgan fingerprint density at radius 2 is 1.68 bits per heavy atom. The number of carbonyl (C=O) groups excluding carboxylic acids is 1. The molecule has 0 spiro atoms. The van der Waals surface area contributed by atoms with Gasteiger partial charge < -0.3 is 19.7 Å². The lowest BCUT2D eigenvalue weighted by Crippen LogP contribution is -2.40. The number of halogens is 1. The van der Waals surface area contributed by atoms with E-state index in [1.54, 1.807) is 18.2 Å². The molecule has 0 bridgehead atoms. The molecule has 0 radical (unpaired) electrons. The summed E-state index contributed by atoms with van der Waals surface area (Å²) >= 11 is 5.91. The zero-order chi connectivity index (χ0) is 21.8. The Kier molecular flexibility index (Phi) is 6.73. The molecule has 1 amide bonds. The van der Waals surface area contributed by atoms with E-state index < -0.39 is 15.9 Å². The second kappa shape index (κ2) is 9.49. The molecule has 0 aliphatic carbocycles. The van der Waals surface area contributed by atoms with E-state index in [1.165, 1.54) is 22.6 Å². The van der Waals surface area contributed by atoms with Crippen LogP contribution in [0.3, 0.4) is 0 Å². The van der Waals surface area contributed by atoms with Crippen LogP contribution < -0.4 is 10.2 Å². The van der Waals surface area contributed by atoms with Crippen LogP contribution in [0.5, 0.6) is 0 Å². The maximum Gasteiger partial charge on any atom is 0.255 e. The molecule has 0 saturated carbocycles. The smallest absolute Gasteiger partial charge is 0.255 e. The number of nitrogens with zero attached hydrogens (tertiary/aromatic N) is 3. The molecule has 9 nitrogen and oxygen atoms in total. The quantitative estimate of drug-likeness (QED) is 0.671. The van der Waals surface area contributed by atoms with Gasteiger partial charge in [-0.25, -0.2) is 13.4 Å². The Hall–Kier alpha value is -2.24. The number of morpholine rings is 2. The van der Waals surface area contributed by atoms with Gasteiger partial charge in [-0.05, 0) is 30.3 Å². The standard InChI is InChI=1S/C20H23ClN4O5S/c21-19-13-15(3-4-22-19)20(26)23-17-14-16(31(27,28)25-7-11-30-12-8-25)1-2-18(17)24-5-9-29-10-6-24/h1-4,13-14H,5-12H2,(H,23,26). The Bertz CT molecular complexity index is 1050. The second-order valence-electron chi connectivity index (χ2n) is 7.12. The van der Waals surface area contributed by atoms with Gasteiger partial charge in [0.05, 0.1) is 42.7 Å². The predicted octanol–water partition coefficient (Wildman–Crippen LogP) is 1.84. The van der Waals surface area contributed by atoms with Crippen molar-refractivity contribution >= 4 is 38.9 Å². The van der Waals surface area contributed by atoms with Gasteiger partial charge in [0.15, 0.2) is 0 Å². The van der Waals surface area contributed by atoms with Crippen molar-refractivity contribution in [1.29, 1.82) is 0 Å². The first-order valence-corrected chi connectivity index (χ1v) is 11.7. The van der Waals surface area contributed by atoms with Gasteiger partial charge in [0.25, 0.3) is 5.91 Å². The third-order valence-corrected chi connectivity index (χ3v) is 7.27. The lowest BCUT2D eigenvalue weighted by atomic mass is 10.2. The number of nitrogens with one attached hydrogen (secondary N) is 1. The second-order valence-corrected chi connectivity index (χ2v) is 9.44. The van der Waals surface area contributed by atoms with E-state index in [1.807, 2.05) is 0 Å². The zero-order valence-electron chi connectivity index (χ0n) is 16.8. The molecular formula is C20H23ClN4O5S. The molecule has 0 atom stereocenters. The van der Waals surface area contributed by atoms with E-state index in [-0.39, 0.29) is 10.0 Å². The van der Waals surface area contributed by atoms with E-state index in [0.717, 1.165) is 5.69 Å². The number of anilines is 2. The largest absolute Gasteiger partial charge is 0.379 e. The minimum atomic E-state index is -3.71. The monoisotopic (exact) mass is 466 g/mol. The van der Waals surface area contributed by atoms with Gasteiger partial charge in [-0.2, -0.15) is 4.31 Å². The molecule has 2 fully saturated rings. The molecule has 1 aromatic heterocycles. The third kappa shape index (κ3) is 4.99. The van der Waals surface area contributed by atoms with Crippen LogP contribution in [0.1, 0.15) is 10.4 Å². The number of rotatable bonds is 5. The highest BCUT2D eigenvalue weighted by Crippen LogP contribution is 2.31. The van der Waals surface area contributed by atoms with Crippen LogP contribution in [-0.4, -0.2) is 76.2 Å². The zero-order valence-corrected chi connectivity index (χ0v) is 18.4.